The number of hydrogen-bond acceptors (Lipinski definition) is 6. The van der Waals surface area contributed by atoms with E-state index in [0.717, 1.165) is 29.7 Å². The molecule has 1 aliphatic rings. The van der Waals surface area contributed by atoms with E-state index in [9.17, 15) is 9.47 Å². The van der Waals surface area contributed by atoms with E-state index in [1.807, 2.05) is 32.9 Å². The first-order chi connectivity index (χ1) is 14.3. The first-order valence-electron chi connectivity index (χ1n) is 9.71. The number of benzene rings is 1. The maximum atomic E-state index is 13.2. The van der Waals surface area contributed by atoms with Gasteiger partial charge in [-0.25, -0.2) is 14.0 Å². The molecule has 0 saturated heterocycles. The van der Waals surface area contributed by atoms with Crippen molar-refractivity contribution in [1.82, 2.24) is 9.97 Å². The Morgan fingerprint density at radius 3 is 2.57 bits per heavy atom. The lowest BCUT2D eigenvalue weighted by Gasteiger charge is -2.16. The number of aromatic nitrogens is 2. The Labute approximate surface area is 176 Å². The normalized spacial score (nSPS) is 15.3. The summed E-state index contributed by atoms with van der Waals surface area (Å²) in [6.07, 6.45) is 1.55. The molecular weight excluding hydrogens is 396 g/mol. The third-order valence-corrected chi connectivity index (χ3v) is 7.46. The summed E-state index contributed by atoms with van der Waals surface area (Å²) in [6.45, 7) is 5.70. The average molecular weight is 419 g/mol. The molecule has 0 aliphatic heterocycles. The van der Waals surface area contributed by atoms with Crippen LogP contribution in [0.5, 0.6) is 11.6 Å². The van der Waals surface area contributed by atoms with Gasteiger partial charge in [0.25, 0.3) is 0 Å². The van der Waals surface area contributed by atoms with Crippen LogP contribution < -0.4 is 4.74 Å². The van der Waals surface area contributed by atoms with Gasteiger partial charge in [-0.05, 0) is 69.5 Å². The molecule has 1 saturated carbocycles. The predicted octanol–water partition coefficient (Wildman–Crippen LogP) is 5.30. The molecule has 1 aliphatic carbocycles. The molecule has 1 unspecified atom stereocenters. The summed E-state index contributed by atoms with van der Waals surface area (Å²) in [4.78, 5) is 9.41. The molecule has 1 fully saturated rings. The van der Waals surface area contributed by atoms with Crippen LogP contribution in [0.1, 0.15) is 35.4 Å². The van der Waals surface area contributed by atoms with Crippen molar-refractivity contribution in [2.75, 3.05) is 0 Å². The fourth-order valence-electron chi connectivity index (χ4n) is 3.48. The number of pyridine rings is 2. The van der Waals surface area contributed by atoms with Gasteiger partial charge in [-0.15, -0.1) is 0 Å². The van der Waals surface area contributed by atoms with E-state index in [1.165, 1.54) is 0 Å². The van der Waals surface area contributed by atoms with Gasteiger partial charge in [0.1, 0.15) is 4.90 Å². The molecule has 3 aromatic rings. The molecule has 0 spiro atoms. The summed E-state index contributed by atoms with van der Waals surface area (Å²) in [5.74, 6) is 0.724. The van der Waals surface area contributed by atoms with Gasteiger partial charge in [0.15, 0.2) is 5.75 Å². The van der Waals surface area contributed by atoms with Crippen LogP contribution in [-0.4, -0.2) is 19.4 Å². The van der Waals surface area contributed by atoms with E-state index in [2.05, 4.69) is 16.0 Å². The van der Waals surface area contributed by atoms with E-state index in [4.69, 9.17) is 9.52 Å². The summed E-state index contributed by atoms with van der Waals surface area (Å²) >= 11 is 0. The van der Waals surface area contributed by atoms with Crippen molar-refractivity contribution in [1.29, 1.82) is 10.0 Å². The molecular formula is C23H22N4O2S. The van der Waals surface area contributed by atoms with Gasteiger partial charge >= 0.3 is 0 Å². The molecule has 1 N–H and O–H groups in total. The van der Waals surface area contributed by atoms with Gasteiger partial charge in [-0.2, -0.15) is 5.26 Å². The molecule has 4 rings (SSSR count). The van der Waals surface area contributed by atoms with Crippen LogP contribution >= 0.6 is 0 Å². The van der Waals surface area contributed by atoms with Crippen LogP contribution in [0.2, 0.25) is 0 Å². The standard InChI is InChI=1S/C23H22N4O2S/c1-14-11-15(2)26-16(3)22(14)29-23-21(30(25,28)19-7-8-19)10-9-20(27-23)18-6-4-5-17(12-18)13-24/h4-6,9-12,19,25H,7-8H2,1-3H3. The Hall–Kier alpha value is -3.24. The van der Waals surface area contributed by atoms with Crippen molar-refractivity contribution in [3.63, 3.8) is 0 Å². The highest BCUT2D eigenvalue weighted by Crippen LogP contribution is 2.40. The van der Waals surface area contributed by atoms with Gasteiger partial charge in [0.05, 0.1) is 32.7 Å². The molecule has 2 aromatic heterocycles. The van der Waals surface area contributed by atoms with Gasteiger partial charge in [-0.1, -0.05) is 12.1 Å². The summed E-state index contributed by atoms with van der Waals surface area (Å²) in [5.41, 5.74) is 4.36. The zero-order valence-electron chi connectivity index (χ0n) is 17.1. The van der Waals surface area contributed by atoms with Crippen molar-refractivity contribution < 1.29 is 8.95 Å². The van der Waals surface area contributed by atoms with Crippen molar-refractivity contribution in [3.8, 4) is 29.0 Å². The number of hydrogen-bond donors (Lipinski definition) is 1. The van der Waals surface area contributed by atoms with E-state index < -0.39 is 9.73 Å². The highest BCUT2D eigenvalue weighted by Gasteiger charge is 2.36. The monoisotopic (exact) mass is 418 g/mol. The first kappa shape index (κ1) is 20.0. The smallest absolute Gasteiger partial charge is 0.237 e. The minimum Gasteiger partial charge on any atom is -0.436 e. The third kappa shape index (κ3) is 3.79. The van der Waals surface area contributed by atoms with Crippen molar-refractivity contribution in [3.05, 3.63) is 65.0 Å². The molecule has 0 radical (unpaired) electrons. The Kier molecular flexibility index (Phi) is 5.04. The highest BCUT2D eigenvalue weighted by atomic mass is 32.2. The van der Waals surface area contributed by atoms with Crippen molar-refractivity contribution in [2.45, 2.75) is 43.8 Å². The number of nitrogens with one attached hydrogen (secondary N) is 1. The van der Waals surface area contributed by atoms with Crippen LogP contribution in [0.3, 0.4) is 0 Å². The summed E-state index contributed by atoms with van der Waals surface area (Å²) in [7, 11) is -3.02. The highest BCUT2D eigenvalue weighted by molar-refractivity contribution is 7.93. The number of rotatable bonds is 5. The number of nitriles is 1. The van der Waals surface area contributed by atoms with Gasteiger partial charge in [0.2, 0.25) is 5.88 Å². The van der Waals surface area contributed by atoms with Crippen LogP contribution in [0.25, 0.3) is 11.3 Å². The molecule has 6 nitrogen and oxygen atoms in total. The van der Waals surface area contributed by atoms with Crippen molar-refractivity contribution in [2.24, 2.45) is 0 Å². The summed E-state index contributed by atoms with van der Waals surface area (Å²) in [6, 6.07) is 14.6. The van der Waals surface area contributed by atoms with Crippen molar-refractivity contribution >= 4 is 9.73 Å². The van der Waals surface area contributed by atoms with E-state index in [-0.39, 0.29) is 11.1 Å². The predicted molar refractivity (Wildman–Crippen MR) is 115 cm³/mol. The second kappa shape index (κ2) is 7.54. The summed E-state index contributed by atoms with van der Waals surface area (Å²) < 4.78 is 27.9. The topological polar surface area (TPSA) is 99.7 Å². The van der Waals surface area contributed by atoms with Crippen LogP contribution in [0.4, 0.5) is 0 Å². The third-order valence-electron chi connectivity index (χ3n) is 5.09. The first-order valence-corrected chi connectivity index (χ1v) is 11.3. The largest absolute Gasteiger partial charge is 0.436 e. The maximum absolute atomic E-state index is 13.2. The summed E-state index contributed by atoms with van der Waals surface area (Å²) in [5, 5.41) is 9.04. The zero-order valence-corrected chi connectivity index (χ0v) is 17.9. The minimum atomic E-state index is -3.02. The zero-order chi connectivity index (χ0) is 21.5. The van der Waals surface area contributed by atoms with Crippen LogP contribution in [0.15, 0.2) is 47.4 Å². The lowest BCUT2D eigenvalue weighted by Crippen LogP contribution is -2.09. The van der Waals surface area contributed by atoms with Gasteiger partial charge in [-0.3, -0.25) is 4.98 Å². The quantitative estimate of drug-likeness (QED) is 0.606. The Morgan fingerprint density at radius 2 is 1.90 bits per heavy atom. The minimum absolute atomic E-state index is 0.159. The lowest BCUT2D eigenvalue weighted by atomic mass is 10.1. The molecule has 152 valence electrons. The number of nitrogens with zero attached hydrogens (tertiary/aromatic N) is 3. The molecule has 30 heavy (non-hydrogen) atoms. The molecule has 0 amide bonds. The Balaban J connectivity index is 1.86. The van der Waals surface area contributed by atoms with Gasteiger partial charge < -0.3 is 4.74 Å². The van der Waals surface area contributed by atoms with E-state index >= 15 is 0 Å². The molecule has 1 aromatic carbocycles. The molecule has 7 heteroatoms. The second-order valence-electron chi connectivity index (χ2n) is 7.59. The molecule has 2 heterocycles. The maximum Gasteiger partial charge on any atom is 0.237 e. The fraction of sp³-hybridized carbons (Fsp3) is 0.261. The number of ether oxygens (including phenoxy) is 1. The average Bonchev–Trinajstić information content (AvgIpc) is 3.56. The second-order valence-corrected chi connectivity index (χ2v) is 9.90. The molecule has 1 atom stereocenters. The lowest BCUT2D eigenvalue weighted by molar-refractivity contribution is 0.440. The SMILES string of the molecule is Cc1cc(C)c(Oc2nc(-c3cccc(C#N)c3)ccc2S(=N)(=O)C2CC2)c(C)n1. The Morgan fingerprint density at radius 1 is 1.13 bits per heavy atom. The van der Waals surface area contributed by atoms with Crippen LogP contribution in [0, 0.1) is 36.9 Å². The van der Waals surface area contributed by atoms with E-state index in [0.29, 0.717) is 27.6 Å². The Bertz CT molecular complexity index is 1270. The number of aryl methyl sites for hydroxylation is 3. The van der Waals surface area contributed by atoms with E-state index in [1.54, 1.807) is 30.3 Å². The van der Waals surface area contributed by atoms with Gasteiger partial charge in [0, 0.05) is 16.5 Å². The molecule has 0 bridgehead atoms. The fourth-order valence-corrected chi connectivity index (χ4v) is 5.26. The van der Waals surface area contributed by atoms with Crippen LogP contribution in [-0.2, 0) is 9.73 Å².